The second kappa shape index (κ2) is 15.5. The van der Waals surface area contributed by atoms with Gasteiger partial charge in [-0.3, -0.25) is 24.2 Å². The topological polar surface area (TPSA) is 129 Å². The molecule has 1 aromatic carbocycles. The van der Waals surface area contributed by atoms with Gasteiger partial charge in [0.2, 0.25) is 17.7 Å². The van der Waals surface area contributed by atoms with E-state index in [2.05, 4.69) is 21.4 Å². The second-order valence-electron chi connectivity index (χ2n) is 11.9. The molecule has 4 bridgehead atoms. The van der Waals surface area contributed by atoms with Gasteiger partial charge in [0.25, 0.3) is 5.91 Å². The van der Waals surface area contributed by atoms with Gasteiger partial charge < -0.3 is 20.7 Å². The minimum atomic E-state index is -4.58. The van der Waals surface area contributed by atoms with E-state index >= 15 is 0 Å². The van der Waals surface area contributed by atoms with E-state index < -0.39 is 66.6 Å². The molecule has 244 valence electrons. The van der Waals surface area contributed by atoms with E-state index in [1.54, 1.807) is 19.9 Å². The van der Waals surface area contributed by atoms with Crippen LogP contribution in [0.2, 0.25) is 0 Å². The Bertz CT molecular complexity index is 1210. The minimum absolute atomic E-state index is 0.127. The molecule has 0 aromatic heterocycles. The SMILES string of the molecule is CC(C)[C@@H]1NC(=O)[C@H](C)C(OCC(F)(F)F)CCC=Cc2cccc(c2)[C@@H](C)NC(=O)[C@@H]2CCCN(N2)C(=O)[C@H](C)NC1=O. The van der Waals surface area contributed by atoms with E-state index in [-0.39, 0.29) is 18.4 Å². The molecule has 3 rings (SSSR count). The van der Waals surface area contributed by atoms with Crippen LogP contribution in [0.3, 0.4) is 0 Å². The molecule has 0 saturated carbocycles. The number of fused-ring (bicyclic) bond motifs is 4. The number of ether oxygens (including phenoxy) is 1. The molecule has 1 saturated heterocycles. The Kier molecular flexibility index (Phi) is 12.4. The molecule has 1 fully saturated rings. The highest BCUT2D eigenvalue weighted by molar-refractivity contribution is 5.92. The van der Waals surface area contributed by atoms with Crippen molar-refractivity contribution in [1.29, 1.82) is 0 Å². The fourth-order valence-corrected chi connectivity index (χ4v) is 5.21. The maximum Gasteiger partial charge on any atom is 0.411 e. The van der Waals surface area contributed by atoms with Crippen LogP contribution in [-0.2, 0) is 23.9 Å². The van der Waals surface area contributed by atoms with Crippen molar-refractivity contribution in [2.24, 2.45) is 11.8 Å². The van der Waals surface area contributed by atoms with Crippen molar-refractivity contribution in [3.8, 4) is 0 Å². The molecule has 0 aliphatic carbocycles. The highest BCUT2D eigenvalue weighted by Gasteiger charge is 2.36. The number of allylic oxidation sites excluding steroid dienone is 1. The zero-order chi connectivity index (χ0) is 32.6. The quantitative estimate of drug-likeness (QED) is 0.409. The van der Waals surface area contributed by atoms with Crippen molar-refractivity contribution in [3.05, 3.63) is 41.5 Å². The minimum Gasteiger partial charge on any atom is -0.368 e. The highest BCUT2D eigenvalue weighted by atomic mass is 19.4. The van der Waals surface area contributed by atoms with Gasteiger partial charge in [0.05, 0.1) is 18.1 Å². The summed E-state index contributed by atoms with van der Waals surface area (Å²) in [5.74, 6) is -3.36. The van der Waals surface area contributed by atoms with E-state index in [1.807, 2.05) is 37.3 Å². The van der Waals surface area contributed by atoms with Gasteiger partial charge in [-0.2, -0.15) is 13.2 Å². The highest BCUT2D eigenvalue weighted by Crippen LogP contribution is 2.22. The first-order valence-electron chi connectivity index (χ1n) is 15.1. The Morgan fingerprint density at radius 1 is 0.955 bits per heavy atom. The van der Waals surface area contributed by atoms with Gasteiger partial charge in [-0.15, -0.1) is 0 Å². The smallest absolute Gasteiger partial charge is 0.368 e. The Morgan fingerprint density at radius 2 is 1.66 bits per heavy atom. The van der Waals surface area contributed by atoms with Gasteiger partial charge in [-0.1, -0.05) is 51.1 Å². The molecule has 10 nitrogen and oxygen atoms in total. The number of carbonyl (C=O) groups is 4. The van der Waals surface area contributed by atoms with E-state index in [0.717, 1.165) is 11.1 Å². The van der Waals surface area contributed by atoms with Crippen molar-refractivity contribution in [3.63, 3.8) is 0 Å². The Hall–Kier alpha value is -3.45. The molecule has 4 N–H and O–H groups in total. The van der Waals surface area contributed by atoms with Crippen molar-refractivity contribution < 1.29 is 37.1 Å². The molecule has 4 amide bonds. The Morgan fingerprint density at radius 3 is 2.34 bits per heavy atom. The average molecular weight is 624 g/mol. The first-order valence-corrected chi connectivity index (χ1v) is 15.1. The van der Waals surface area contributed by atoms with Gasteiger partial charge in [-0.05, 0) is 62.6 Å². The van der Waals surface area contributed by atoms with Crippen LogP contribution in [0.1, 0.15) is 77.5 Å². The van der Waals surface area contributed by atoms with Gasteiger partial charge in [0.1, 0.15) is 24.7 Å². The van der Waals surface area contributed by atoms with E-state index in [9.17, 15) is 32.3 Å². The van der Waals surface area contributed by atoms with Crippen molar-refractivity contribution >= 4 is 29.7 Å². The molecule has 6 atom stereocenters. The van der Waals surface area contributed by atoms with Crippen LogP contribution in [0.15, 0.2) is 30.3 Å². The predicted octanol–water partition coefficient (Wildman–Crippen LogP) is 3.40. The molecule has 1 unspecified atom stereocenters. The van der Waals surface area contributed by atoms with Crippen LogP contribution in [0.5, 0.6) is 0 Å². The first kappa shape index (κ1) is 35.0. The third-order valence-electron chi connectivity index (χ3n) is 7.87. The zero-order valence-electron chi connectivity index (χ0n) is 25.9. The number of hydrazine groups is 1. The lowest BCUT2D eigenvalue weighted by Gasteiger charge is -2.35. The zero-order valence-corrected chi connectivity index (χ0v) is 25.9. The summed E-state index contributed by atoms with van der Waals surface area (Å²) in [4.78, 5) is 52.8. The number of alkyl halides is 3. The van der Waals surface area contributed by atoms with Crippen LogP contribution in [-0.4, -0.2) is 72.2 Å². The largest absolute Gasteiger partial charge is 0.411 e. The third kappa shape index (κ3) is 10.0. The van der Waals surface area contributed by atoms with Crippen molar-refractivity contribution in [1.82, 2.24) is 26.4 Å². The number of rotatable bonds is 3. The fourth-order valence-electron chi connectivity index (χ4n) is 5.21. The number of nitrogens with zero attached hydrogens (tertiary/aromatic N) is 1. The second-order valence-corrected chi connectivity index (χ2v) is 11.9. The number of carbonyl (C=O) groups excluding carboxylic acids is 4. The Labute approximate surface area is 256 Å². The lowest BCUT2D eigenvalue weighted by atomic mass is 9.96. The number of hydrogen-bond donors (Lipinski definition) is 4. The summed E-state index contributed by atoms with van der Waals surface area (Å²) in [6.45, 7) is 7.08. The summed E-state index contributed by atoms with van der Waals surface area (Å²) in [6, 6.07) is 4.47. The number of halogens is 3. The molecular formula is C31H44F3N5O5. The van der Waals surface area contributed by atoms with E-state index in [0.29, 0.717) is 25.8 Å². The molecule has 0 spiro atoms. The van der Waals surface area contributed by atoms with Crippen LogP contribution < -0.4 is 21.4 Å². The van der Waals surface area contributed by atoms with Crippen molar-refractivity contribution in [2.75, 3.05) is 13.2 Å². The van der Waals surface area contributed by atoms with Crippen LogP contribution >= 0.6 is 0 Å². The summed E-state index contributed by atoms with van der Waals surface area (Å²) in [6.07, 6.45) is -0.475. The monoisotopic (exact) mass is 623 g/mol. The standard InChI is InChI=1S/C31H44F3N5O5/c1-18(2)26-29(42)36-21(5)30(43)39-15-9-13-24(38-39)28(41)35-20(4)23-12-8-11-22(16-23)10-6-7-14-25(19(3)27(40)37-26)44-17-31(32,33)34/h6,8,10-12,16,18-21,24-26,38H,7,9,13-15,17H2,1-5H3,(H,35,41)(H,36,42)(H,37,40)/t19-,20-,21+,24+,25?,26+/m1/s1. The molecule has 1 aromatic rings. The molecule has 2 heterocycles. The predicted molar refractivity (Wildman–Crippen MR) is 158 cm³/mol. The van der Waals surface area contributed by atoms with Crippen molar-refractivity contribution in [2.45, 2.75) is 96.7 Å². The van der Waals surface area contributed by atoms with Gasteiger partial charge in [0.15, 0.2) is 0 Å². The molecule has 2 aliphatic heterocycles. The molecule has 0 radical (unpaired) electrons. The molecule has 2 aliphatic rings. The lowest BCUT2D eigenvalue weighted by molar-refractivity contribution is -0.191. The molecule has 44 heavy (non-hydrogen) atoms. The van der Waals surface area contributed by atoms with Gasteiger partial charge in [-0.25, -0.2) is 5.43 Å². The number of amides is 4. The normalized spacial score (nSPS) is 28.4. The lowest BCUT2D eigenvalue weighted by Crippen LogP contribution is -2.62. The number of hydrogen-bond acceptors (Lipinski definition) is 6. The first-order chi connectivity index (χ1) is 20.7. The fraction of sp³-hybridized carbons (Fsp3) is 0.613. The summed E-state index contributed by atoms with van der Waals surface area (Å²) in [5.41, 5.74) is 4.66. The maximum absolute atomic E-state index is 13.2. The molecular weight excluding hydrogens is 579 g/mol. The third-order valence-corrected chi connectivity index (χ3v) is 7.87. The van der Waals surface area contributed by atoms with Crippen LogP contribution in [0.4, 0.5) is 13.2 Å². The van der Waals surface area contributed by atoms with Crippen LogP contribution in [0, 0.1) is 11.8 Å². The van der Waals surface area contributed by atoms with E-state index in [4.69, 9.17) is 4.74 Å². The summed E-state index contributed by atoms with van der Waals surface area (Å²) >= 11 is 0. The summed E-state index contributed by atoms with van der Waals surface area (Å²) in [7, 11) is 0. The molecule has 13 heteroatoms. The summed E-state index contributed by atoms with van der Waals surface area (Å²) in [5, 5.41) is 9.61. The summed E-state index contributed by atoms with van der Waals surface area (Å²) < 4.78 is 44.3. The average Bonchev–Trinajstić information content (AvgIpc) is 2.97. The number of nitrogens with one attached hydrogen (secondary N) is 4. The maximum atomic E-state index is 13.2. The van der Waals surface area contributed by atoms with Crippen LogP contribution in [0.25, 0.3) is 6.08 Å². The number of benzene rings is 1. The van der Waals surface area contributed by atoms with Gasteiger partial charge in [0, 0.05) is 6.54 Å². The van der Waals surface area contributed by atoms with Gasteiger partial charge >= 0.3 is 6.18 Å². The Balaban J connectivity index is 1.90. The van der Waals surface area contributed by atoms with E-state index in [1.165, 1.54) is 18.9 Å².